The first kappa shape index (κ1) is 24.9. The molecule has 33 heavy (non-hydrogen) atoms. The van der Waals surface area contributed by atoms with Crippen LogP contribution < -0.4 is 14.8 Å². The first-order valence-corrected chi connectivity index (χ1v) is 11.8. The molecule has 0 saturated heterocycles. The van der Waals surface area contributed by atoms with E-state index in [4.69, 9.17) is 32.7 Å². The van der Waals surface area contributed by atoms with Crippen molar-refractivity contribution in [2.45, 2.75) is 6.92 Å². The van der Waals surface area contributed by atoms with Crippen molar-refractivity contribution < 1.29 is 14.3 Å². The maximum Gasteiger partial charge on any atom is 0.262 e. The summed E-state index contributed by atoms with van der Waals surface area (Å²) in [6.07, 6.45) is 1.79. The summed E-state index contributed by atoms with van der Waals surface area (Å²) in [5, 5.41) is 13.1. The van der Waals surface area contributed by atoms with Crippen LogP contribution in [0.15, 0.2) is 60.7 Å². The largest absolute Gasteiger partial charge is 0.490 e. The molecule has 0 aromatic heterocycles. The van der Waals surface area contributed by atoms with Crippen molar-refractivity contribution in [2.75, 3.05) is 18.5 Å². The van der Waals surface area contributed by atoms with Crippen LogP contribution in [0.1, 0.15) is 18.1 Å². The minimum atomic E-state index is -0.355. The van der Waals surface area contributed by atoms with E-state index >= 15 is 0 Å². The monoisotopic (exact) mass is 592 g/mol. The van der Waals surface area contributed by atoms with Crippen molar-refractivity contribution in [3.63, 3.8) is 0 Å². The Bertz CT molecular complexity index is 1220. The Morgan fingerprint density at radius 3 is 2.52 bits per heavy atom. The van der Waals surface area contributed by atoms with Gasteiger partial charge >= 0.3 is 0 Å². The molecular formula is C25H19Cl2IN2O3. The van der Waals surface area contributed by atoms with E-state index in [1.807, 2.05) is 43.3 Å². The maximum absolute atomic E-state index is 12.4. The minimum Gasteiger partial charge on any atom is -0.490 e. The van der Waals surface area contributed by atoms with Crippen molar-refractivity contribution in [3.05, 3.63) is 85.4 Å². The number of amides is 1. The van der Waals surface area contributed by atoms with Gasteiger partial charge in [-0.2, -0.15) is 5.26 Å². The van der Waals surface area contributed by atoms with Gasteiger partial charge in [-0.05, 0) is 77.0 Å². The van der Waals surface area contributed by atoms with E-state index in [2.05, 4.69) is 34.0 Å². The Hall–Kier alpha value is -2.73. The molecule has 0 radical (unpaired) electrons. The summed E-state index contributed by atoms with van der Waals surface area (Å²) >= 11 is 14.0. The number of nitrogens with one attached hydrogen (secondary N) is 1. The van der Waals surface area contributed by atoms with E-state index in [0.29, 0.717) is 39.4 Å². The van der Waals surface area contributed by atoms with Crippen LogP contribution in [0.3, 0.4) is 0 Å². The molecule has 0 fully saturated rings. The number of carbonyl (C=O) groups is 1. The van der Waals surface area contributed by atoms with Crippen LogP contribution in [-0.2, 0) is 4.79 Å². The number of nitriles is 1. The molecule has 1 amide bonds. The zero-order valence-electron chi connectivity index (χ0n) is 17.6. The van der Waals surface area contributed by atoms with E-state index < -0.39 is 0 Å². The zero-order chi connectivity index (χ0) is 23.8. The van der Waals surface area contributed by atoms with Crippen LogP contribution in [0.25, 0.3) is 11.6 Å². The van der Waals surface area contributed by atoms with E-state index in [1.165, 1.54) is 0 Å². The van der Waals surface area contributed by atoms with Gasteiger partial charge in [0.25, 0.3) is 5.91 Å². The van der Waals surface area contributed by atoms with Crippen molar-refractivity contribution in [2.24, 2.45) is 0 Å². The Kier molecular flexibility index (Phi) is 9.01. The number of ether oxygens (including phenoxy) is 2. The second-order valence-corrected chi connectivity index (χ2v) is 8.74. The third-order valence-electron chi connectivity index (χ3n) is 4.40. The predicted octanol–water partition coefficient (Wildman–Crippen LogP) is 7.08. The summed E-state index contributed by atoms with van der Waals surface area (Å²) in [4.78, 5) is 12.4. The molecule has 1 N–H and O–H groups in total. The van der Waals surface area contributed by atoms with Gasteiger partial charge in [-0.25, -0.2) is 0 Å². The lowest BCUT2D eigenvalue weighted by molar-refractivity contribution is -0.118. The Morgan fingerprint density at radius 1 is 1.09 bits per heavy atom. The third kappa shape index (κ3) is 6.87. The van der Waals surface area contributed by atoms with Gasteiger partial charge in [-0.15, -0.1) is 0 Å². The normalized spacial score (nSPS) is 10.9. The molecule has 0 bridgehead atoms. The predicted molar refractivity (Wildman–Crippen MR) is 141 cm³/mol. The van der Waals surface area contributed by atoms with E-state index in [0.717, 1.165) is 14.7 Å². The maximum atomic E-state index is 12.4. The van der Waals surface area contributed by atoms with Crippen molar-refractivity contribution in [1.82, 2.24) is 0 Å². The van der Waals surface area contributed by atoms with Crippen LogP contribution in [0.5, 0.6) is 11.5 Å². The lowest BCUT2D eigenvalue weighted by atomic mass is 10.0. The van der Waals surface area contributed by atoms with Gasteiger partial charge in [-0.3, -0.25) is 4.79 Å². The molecule has 0 atom stereocenters. The fraction of sp³-hybridized carbons (Fsp3) is 0.120. The average Bonchev–Trinajstić information content (AvgIpc) is 2.80. The number of anilines is 1. The Labute approximate surface area is 216 Å². The molecule has 0 heterocycles. The van der Waals surface area contributed by atoms with Gasteiger partial charge in [0.15, 0.2) is 18.1 Å². The van der Waals surface area contributed by atoms with Crippen LogP contribution >= 0.6 is 45.8 Å². The smallest absolute Gasteiger partial charge is 0.262 e. The highest BCUT2D eigenvalue weighted by Gasteiger charge is 2.15. The molecule has 3 aromatic carbocycles. The Balaban J connectivity index is 1.79. The van der Waals surface area contributed by atoms with Crippen LogP contribution in [0.4, 0.5) is 5.69 Å². The van der Waals surface area contributed by atoms with Gasteiger partial charge in [0.2, 0.25) is 0 Å². The average molecular weight is 593 g/mol. The molecule has 0 saturated carbocycles. The first-order chi connectivity index (χ1) is 15.9. The topological polar surface area (TPSA) is 71.3 Å². The molecule has 3 rings (SSSR count). The van der Waals surface area contributed by atoms with Crippen molar-refractivity contribution >= 4 is 69.0 Å². The van der Waals surface area contributed by atoms with Gasteiger partial charge in [-0.1, -0.05) is 53.5 Å². The molecule has 168 valence electrons. The van der Waals surface area contributed by atoms with E-state index in [9.17, 15) is 10.1 Å². The summed E-state index contributed by atoms with van der Waals surface area (Å²) in [5.74, 6) is 0.590. The van der Waals surface area contributed by atoms with Crippen LogP contribution in [0.2, 0.25) is 10.0 Å². The van der Waals surface area contributed by atoms with Gasteiger partial charge in [0, 0.05) is 5.69 Å². The minimum absolute atomic E-state index is 0.223. The van der Waals surface area contributed by atoms with Gasteiger partial charge < -0.3 is 14.8 Å². The molecule has 0 unspecified atom stereocenters. The molecule has 0 aliphatic rings. The summed E-state index contributed by atoms with van der Waals surface area (Å²) in [6, 6.07) is 20.2. The number of benzene rings is 3. The van der Waals surface area contributed by atoms with Crippen LogP contribution in [-0.4, -0.2) is 19.1 Å². The SMILES string of the molecule is CCOc1cc(/C=C(\C#N)c2ccccc2)cc(I)c1OCC(=O)Nc1ccc(Cl)c(Cl)c1. The molecule has 3 aromatic rings. The number of hydrogen-bond acceptors (Lipinski definition) is 4. The molecule has 0 aliphatic carbocycles. The van der Waals surface area contributed by atoms with Gasteiger partial charge in [0.05, 0.1) is 31.9 Å². The number of rotatable bonds is 8. The molecule has 5 nitrogen and oxygen atoms in total. The summed E-state index contributed by atoms with van der Waals surface area (Å²) in [7, 11) is 0. The number of halogens is 3. The molecule has 8 heteroatoms. The molecule has 0 aliphatic heterocycles. The second kappa shape index (κ2) is 11.9. The summed E-state index contributed by atoms with van der Waals surface area (Å²) in [5.41, 5.74) is 2.66. The number of nitrogens with zero attached hydrogens (tertiary/aromatic N) is 1. The van der Waals surface area contributed by atoms with Crippen molar-refractivity contribution in [3.8, 4) is 17.6 Å². The lowest BCUT2D eigenvalue weighted by Crippen LogP contribution is -2.20. The van der Waals surface area contributed by atoms with Gasteiger partial charge in [0.1, 0.15) is 0 Å². The number of hydrogen-bond donors (Lipinski definition) is 1. The zero-order valence-corrected chi connectivity index (χ0v) is 21.2. The Morgan fingerprint density at radius 2 is 1.85 bits per heavy atom. The summed E-state index contributed by atoms with van der Waals surface area (Å²) in [6.45, 7) is 2.05. The highest BCUT2D eigenvalue weighted by atomic mass is 127. The van der Waals surface area contributed by atoms with E-state index in [1.54, 1.807) is 30.3 Å². The fourth-order valence-electron chi connectivity index (χ4n) is 2.95. The molecular weight excluding hydrogens is 574 g/mol. The molecule has 0 spiro atoms. The first-order valence-electron chi connectivity index (χ1n) is 9.92. The number of allylic oxidation sites excluding steroid dienone is 1. The number of carbonyl (C=O) groups excluding carboxylic acids is 1. The quantitative estimate of drug-likeness (QED) is 0.172. The van der Waals surface area contributed by atoms with Crippen LogP contribution in [0, 0.1) is 14.9 Å². The third-order valence-corrected chi connectivity index (χ3v) is 5.94. The van der Waals surface area contributed by atoms with Crippen molar-refractivity contribution in [1.29, 1.82) is 5.26 Å². The highest BCUT2D eigenvalue weighted by molar-refractivity contribution is 14.1. The standard InChI is InChI=1S/C25H19Cl2IN2O3/c1-2-32-23-12-16(10-18(14-29)17-6-4-3-5-7-17)11-22(28)25(23)33-15-24(31)30-19-8-9-20(26)21(27)13-19/h3-13H,2,15H2,1H3,(H,30,31)/b18-10+. The second-order valence-electron chi connectivity index (χ2n) is 6.76. The fourth-order valence-corrected chi connectivity index (χ4v) is 4.03. The summed E-state index contributed by atoms with van der Waals surface area (Å²) < 4.78 is 12.3. The lowest BCUT2D eigenvalue weighted by Gasteiger charge is -2.15. The highest BCUT2D eigenvalue weighted by Crippen LogP contribution is 2.35. The van der Waals surface area contributed by atoms with E-state index in [-0.39, 0.29) is 12.5 Å².